The van der Waals surface area contributed by atoms with Gasteiger partial charge in [0.2, 0.25) is 21.8 Å². The van der Waals surface area contributed by atoms with Gasteiger partial charge in [0, 0.05) is 23.6 Å². The summed E-state index contributed by atoms with van der Waals surface area (Å²) in [5.41, 5.74) is 0.987. The number of rotatable bonds is 12. The van der Waals surface area contributed by atoms with E-state index in [1.165, 1.54) is 25.2 Å². The number of carbonyl (C=O) groups is 2. The Morgan fingerprint density at radius 3 is 2.29 bits per heavy atom. The average Bonchev–Trinajstić information content (AvgIpc) is 2.83. The lowest BCUT2D eigenvalue weighted by molar-refractivity contribution is -0.139. The monoisotopic (exact) mass is 569 g/mol. The Bertz CT molecular complexity index is 1120. The van der Waals surface area contributed by atoms with Crippen LogP contribution < -0.4 is 19.1 Å². The summed E-state index contributed by atoms with van der Waals surface area (Å²) in [7, 11) is -0.992. The molecule has 0 spiro atoms. The van der Waals surface area contributed by atoms with Crippen molar-refractivity contribution < 1.29 is 27.5 Å². The maximum atomic E-state index is 13.6. The summed E-state index contributed by atoms with van der Waals surface area (Å²) >= 11 is 3.39. The van der Waals surface area contributed by atoms with Crippen LogP contribution in [0, 0.1) is 0 Å². The van der Waals surface area contributed by atoms with Gasteiger partial charge in [0.25, 0.3) is 0 Å². The first kappa shape index (κ1) is 28.4. The second-order valence-electron chi connectivity index (χ2n) is 7.92. The van der Waals surface area contributed by atoms with Gasteiger partial charge in [0.05, 0.1) is 26.2 Å². The normalized spacial score (nSPS) is 11.9. The lowest BCUT2D eigenvalue weighted by atomic mass is 10.1. The third kappa shape index (κ3) is 7.86. The van der Waals surface area contributed by atoms with Crippen LogP contribution in [0.2, 0.25) is 0 Å². The van der Waals surface area contributed by atoms with E-state index in [4.69, 9.17) is 9.47 Å². The highest BCUT2D eigenvalue weighted by Gasteiger charge is 2.31. The van der Waals surface area contributed by atoms with Crippen molar-refractivity contribution >= 4 is 43.5 Å². The second kappa shape index (κ2) is 12.8. The first-order chi connectivity index (χ1) is 16.5. The summed E-state index contributed by atoms with van der Waals surface area (Å²) < 4.78 is 37.9. The van der Waals surface area contributed by atoms with Crippen LogP contribution in [-0.2, 0) is 26.2 Å². The van der Waals surface area contributed by atoms with E-state index in [-0.39, 0.29) is 23.9 Å². The van der Waals surface area contributed by atoms with Gasteiger partial charge >= 0.3 is 0 Å². The lowest BCUT2D eigenvalue weighted by Crippen LogP contribution is -2.51. The lowest BCUT2D eigenvalue weighted by Gasteiger charge is -2.32. The molecule has 2 aromatic rings. The number of halogens is 1. The number of methoxy groups -OCH3 is 2. The molecule has 0 aromatic heterocycles. The van der Waals surface area contributed by atoms with E-state index in [0.29, 0.717) is 12.3 Å². The fourth-order valence-electron chi connectivity index (χ4n) is 3.35. The molecule has 2 aromatic carbocycles. The minimum Gasteiger partial charge on any atom is -0.497 e. The maximum Gasteiger partial charge on any atom is 0.244 e. The first-order valence-corrected chi connectivity index (χ1v) is 13.7. The molecule has 0 radical (unpaired) electrons. The topological polar surface area (TPSA) is 105 Å². The summed E-state index contributed by atoms with van der Waals surface area (Å²) in [6.45, 7) is 3.65. The molecule has 0 aliphatic heterocycles. The molecule has 1 N–H and O–H groups in total. The number of anilines is 1. The molecular formula is C24H32BrN3O6S. The van der Waals surface area contributed by atoms with Gasteiger partial charge in [-0.3, -0.25) is 13.9 Å². The Morgan fingerprint density at radius 2 is 1.74 bits per heavy atom. The zero-order valence-corrected chi connectivity index (χ0v) is 23.0. The molecule has 11 heteroatoms. The highest BCUT2D eigenvalue weighted by molar-refractivity contribution is 9.10. The maximum absolute atomic E-state index is 13.6. The van der Waals surface area contributed by atoms with Gasteiger partial charge < -0.3 is 19.7 Å². The van der Waals surface area contributed by atoms with Crippen LogP contribution in [0.1, 0.15) is 25.8 Å². The van der Waals surface area contributed by atoms with Crippen molar-refractivity contribution in [3.63, 3.8) is 0 Å². The molecule has 0 saturated carbocycles. The van der Waals surface area contributed by atoms with Crippen molar-refractivity contribution in [1.82, 2.24) is 10.2 Å². The molecule has 1 atom stereocenters. The molecule has 192 valence electrons. The van der Waals surface area contributed by atoms with Crippen molar-refractivity contribution in [1.29, 1.82) is 0 Å². The van der Waals surface area contributed by atoms with Gasteiger partial charge in [0.15, 0.2) is 0 Å². The summed E-state index contributed by atoms with van der Waals surface area (Å²) in [4.78, 5) is 27.7. The SMILES string of the molecule is CCCNC(=O)C(C)N(Cc1ccc(Br)cc1)C(=O)CN(c1ccc(OC)cc1OC)S(C)(=O)=O. The van der Waals surface area contributed by atoms with Crippen molar-refractivity contribution in [2.45, 2.75) is 32.9 Å². The molecular weight excluding hydrogens is 538 g/mol. The van der Waals surface area contributed by atoms with Gasteiger partial charge in [-0.2, -0.15) is 0 Å². The van der Waals surface area contributed by atoms with Crippen molar-refractivity contribution in [3.05, 3.63) is 52.5 Å². The number of sulfonamides is 1. The molecule has 1 unspecified atom stereocenters. The summed E-state index contributed by atoms with van der Waals surface area (Å²) in [5, 5.41) is 2.80. The zero-order chi connectivity index (χ0) is 26.2. The van der Waals surface area contributed by atoms with E-state index in [1.807, 2.05) is 31.2 Å². The van der Waals surface area contributed by atoms with E-state index >= 15 is 0 Å². The zero-order valence-electron chi connectivity index (χ0n) is 20.6. The minimum absolute atomic E-state index is 0.129. The van der Waals surface area contributed by atoms with Crippen LogP contribution >= 0.6 is 15.9 Å². The number of hydrogen-bond acceptors (Lipinski definition) is 6. The summed E-state index contributed by atoms with van der Waals surface area (Å²) in [6.07, 6.45) is 1.76. The Kier molecular flexibility index (Phi) is 10.4. The molecule has 2 rings (SSSR count). The van der Waals surface area contributed by atoms with E-state index in [0.717, 1.165) is 27.0 Å². The predicted molar refractivity (Wildman–Crippen MR) is 139 cm³/mol. The third-order valence-electron chi connectivity index (χ3n) is 5.32. The van der Waals surface area contributed by atoms with E-state index in [2.05, 4.69) is 21.2 Å². The molecule has 0 aliphatic rings. The van der Waals surface area contributed by atoms with Crippen LogP contribution in [0.5, 0.6) is 11.5 Å². The van der Waals surface area contributed by atoms with Crippen LogP contribution in [0.25, 0.3) is 0 Å². The van der Waals surface area contributed by atoms with Crippen LogP contribution in [-0.4, -0.2) is 64.7 Å². The summed E-state index contributed by atoms with van der Waals surface area (Å²) in [6, 6.07) is 11.2. The highest BCUT2D eigenvalue weighted by Crippen LogP contribution is 2.33. The fraction of sp³-hybridized carbons (Fsp3) is 0.417. The van der Waals surface area contributed by atoms with Crippen LogP contribution in [0.4, 0.5) is 5.69 Å². The molecule has 35 heavy (non-hydrogen) atoms. The van der Waals surface area contributed by atoms with Crippen LogP contribution in [0.15, 0.2) is 46.9 Å². The molecule has 0 aliphatic carbocycles. The van der Waals surface area contributed by atoms with Crippen molar-refractivity contribution in [2.75, 3.05) is 37.9 Å². The van der Waals surface area contributed by atoms with Gasteiger partial charge in [-0.1, -0.05) is 35.0 Å². The van der Waals surface area contributed by atoms with Gasteiger partial charge in [-0.25, -0.2) is 8.42 Å². The number of nitrogens with one attached hydrogen (secondary N) is 1. The van der Waals surface area contributed by atoms with Gasteiger partial charge in [-0.15, -0.1) is 0 Å². The highest BCUT2D eigenvalue weighted by atomic mass is 79.9. The number of nitrogens with zero attached hydrogens (tertiary/aromatic N) is 2. The molecule has 9 nitrogen and oxygen atoms in total. The molecule has 0 bridgehead atoms. The van der Waals surface area contributed by atoms with Crippen molar-refractivity contribution in [3.8, 4) is 11.5 Å². The predicted octanol–water partition coefficient (Wildman–Crippen LogP) is 3.18. The Balaban J connectivity index is 2.43. The van der Waals surface area contributed by atoms with E-state index in [1.54, 1.807) is 19.1 Å². The molecule has 0 fully saturated rings. The number of amides is 2. The number of benzene rings is 2. The molecule has 2 amide bonds. The average molecular weight is 571 g/mol. The number of ether oxygens (including phenoxy) is 2. The summed E-state index contributed by atoms with van der Waals surface area (Å²) in [5.74, 6) is -0.139. The third-order valence-corrected chi connectivity index (χ3v) is 6.97. The quantitative estimate of drug-likeness (QED) is 0.421. The Labute approximate surface area is 215 Å². The fourth-order valence-corrected chi connectivity index (χ4v) is 4.47. The molecule has 0 heterocycles. The first-order valence-electron chi connectivity index (χ1n) is 11.0. The number of carbonyl (C=O) groups excluding carboxylic acids is 2. The van der Waals surface area contributed by atoms with Gasteiger partial charge in [-0.05, 0) is 43.2 Å². The Hall–Kier alpha value is -2.79. The largest absolute Gasteiger partial charge is 0.497 e. The van der Waals surface area contributed by atoms with E-state index < -0.39 is 28.5 Å². The number of hydrogen-bond donors (Lipinski definition) is 1. The minimum atomic E-state index is -3.88. The van der Waals surface area contributed by atoms with Gasteiger partial charge in [0.1, 0.15) is 24.1 Å². The Morgan fingerprint density at radius 1 is 1.09 bits per heavy atom. The van der Waals surface area contributed by atoms with E-state index in [9.17, 15) is 18.0 Å². The second-order valence-corrected chi connectivity index (χ2v) is 10.7. The van der Waals surface area contributed by atoms with Crippen LogP contribution in [0.3, 0.4) is 0 Å². The molecule has 0 saturated heterocycles. The standard InChI is InChI=1S/C24H32BrN3O6S/c1-6-13-26-24(30)17(2)27(15-18-7-9-19(25)10-8-18)23(29)16-28(35(5,31)32)21-12-11-20(33-3)14-22(21)34-4/h7-12,14,17H,6,13,15-16H2,1-5H3,(H,26,30). The van der Waals surface area contributed by atoms with Crippen molar-refractivity contribution in [2.24, 2.45) is 0 Å². The smallest absolute Gasteiger partial charge is 0.244 e.